The van der Waals surface area contributed by atoms with E-state index in [9.17, 15) is 9.59 Å². The Hall–Kier alpha value is -1.10. The van der Waals surface area contributed by atoms with Crippen LogP contribution < -0.4 is 10.6 Å². The van der Waals surface area contributed by atoms with E-state index in [0.29, 0.717) is 6.04 Å². The van der Waals surface area contributed by atoms with Crippen molar-refractivity contribution in [1.29, 1.82) is 0 Å². The first-order chi connectivity index (χ1) is 8.63. The average molecular weight is 255 g/mol. The van der Waals surface area contributed by atoms with Crippen molar-refractivity contribution < 1.29 is 9.59 Å². The molecule has 1 aliphatic rings. The number of nitrogens with zero attached hydrogens (tertiary/aromatic N) is 1. The minimum Gasteiger partial charge on any atom is -0.347 e. The van der Waals surface area contributed by atoms with Gasteiger partial charge in [-0.05, 0) is 25.8 Å². The Morgan fingerprint density at radius 1 is 1.39 bits per heavy atom. The number of nitrogens with one attached hydrogen (secondary N) is 2. The van der Waals surface area contributed by atoms with E-state index in [1.165, 1.54) is 19.8 Å². The van der Waals surface area contributed by atoms with Gasteiger partial charge >= 0.3 is 0 Å². The second-order valence-corrected chi connectivity index (χ2v) is 4.90. The van der Waals surface area contributed by atoms with Gasteiger partial charge in [-0.1, -0.05) is 13.3 Å². The van der Waals surface area contributed by atoms with Crippen LogP contribution in [0, 0.1) is 0 Å². The average Bonchev–Trinajstić information content (AvgIpc) is 2.36. The maximum absolute atomic E-state index is 12.0. The van der Waals surface area contributed by atoms with Crippen LogP contribution in [0.2, 0.25) is 0 Å². The fraction of sp³-hybridized carbons (Fsp3) is 0.846. The van der Waals surface area contributed by atoms with Crippen molar-refractivity contribution in [3.63, 3.8) is 0 Å². The first-order valence-electron chi connectivity index (χ1n) is 6.89. The largest absolute Gasteiger partial charge is 0.347 e. The normalized spacial score (nSPS) is 19.3. The summed E-state index contributed by atoms with van der Waals surface area (Å²) in [6, 6.07) is 0.409. The highest BCUT2D eigenvalue weighted by molar-refractivity contribution is 5.83. The van der Waals surface area contributed by atoms with Crippen molar-refractivity contribution in [2.75, 3.05) is 26.2 Å². The number of hydrogen-bond acceptors (Lipinski definition) is 3. The molecule has 1 unspecified atom stereocenters. The van der Waals surface area contributed by atoms with Gasteiger partial charge in [0.15, 0.2) is 0 Å². The SMILES string of the molecule is CCCN(CC1CCCCN1)C(=O)CNC(C)=O. The lowest BCUT2D eigenvalue weighted by atomic mass is 10.0. The summed E-state index contributed by atoms with van der Waals surface area (Å²) < 4.78 is 0. The predicted octanol–water partition coefficient (Wildman–Crippen LogP) is 0.503. The summed E-state index contributed by atoms with van der Waals surface area (Å²) in [6.07, 6.45) is 4.54. The number of rotatable bonds is 6. The molecule has 2 amide bonds. The van der Waals surface area contributed by atoms with Crippen LogP contribution >= 0.6 is 0 Å². The lowest BCUT2D eigenvalue weighted by Crippen LogP contribution is -2.48. The van der Waals surface area contributed by atoms with Crippen LogP contribution in [0.4, 0.5) is 0 Å². The van der Waals surface area contributed by atoms with Crippen molar-refractivity contribution in [3.8, 4) is 0 Å². The van der Waals surface area contributed by atoms with Gasteiger partial charge in [-0.3, -0.25) is 9.59 Å². The molecule has 0 aromatic rings. The third-order valence-electron chi connectivity index (χ3n) is 3.19. The third kappa shape index (κ3) is 5.49. The summed E-state index contributed by atoms with van der Waals surface area (Å²) >= 11 is 0. The second-order valence-electron chi connectivity index (χ2n) is 4.90. The van der Waals surface area contributed by atoms with E-state index >= 15 is 0 Å². The van der Waals surface area contributed by atoms with E-state index in [-0.39, 0.29) is 18.4 Å². The molecule has 1 heterocycles. The smallest absolute Gasteiger partial charge is 0.242 e. The monoisotopic (exact) mass is 255 g/mol. The molecule has 0 spiro atoms. The van der Waals surface area contributed by atoms with Crippen LogP contribution in [0.5, 0.6) is 0 Å². The molecule has 1 atom stereocenters. The molecule has 18 heavy (non-hydrogen) atoms. The van der Waals surface area contributed by atoms with Crippen molar-refractivity contribution in [3.05, 3.63) is 0 Å². The molecule has 5 heteroatoms. The summed E-state index contributed by atoms with van der Waals surface area (Å²) in [6.45, 7) is 6.17. The van der Waals surface area contributed by atoms with Crippen molar-refractivity contribution in [2.24, 2.45) is 0 Å². The lowest BCUT2D eigenvalue weighted by molar-refractivity contribution is -0.132. The van der Waals surface area contributed by atoms with Crippen LogP contribution in [0.25, 0.3) is 0 Å². The third-order valence-corrected chi connectivity index (χ3v) is 3.19. The van der Waals surface area contributed by atoms with Gasteiger partial charge in [0.2, 0.25) is 11.8 Å². The van der Waals surface area contributed by atoms with Gasteiger partial charge in [-0.15, -0.1) is 0 Å². The summed E-state index contributed by atoms with van der Waals surface area (Å²) in [5.74, 6) is -0.144. The number of carbonyl (C=O) groups is 2. The Kier molecular flexibility index (Phi) is 6.72. The lowest BCUT2D eigenvalue weighted by Gasteiger charge is -2.30. The summed E-state index contributed by atoms with van der Waals surface area (Å²) in [5.41, 5.74) is 0. The molecule has 2 N–H and O–H groups in total. The topological polar surface area (TPSA) is 61.4 Å². The van der Waals surface area contributed by atoms with Gasteiger partial charge in [0, 0.05) is 26.1 Å². The summed E-state index contributed by atoms with van der Waals surface area (Å²) in [4.78, 5) is 24.7. The standard InChI is InChI=1S/C13H25N3O2/c1-3-8-16(13(18)9-15-11(2)17)10-12-6-4-5-7-14-12/h12,14H,3-10H2,1-2H3,(H,15,17). The van der Waals surface area contributed by atoms with E-state index in [4.69, 9.17) is 0 Å². The Labute approximate surface area is 109 Å². The van der Waals surface area contributed by atoms with Gasteiger partial charge in [-0.2, -0.15) is 0 Å². The summed E-state index contributed by atoms with van der Waals surface area (Å²) in [5, 5.41) is 6.02. The zero-order chi connectivity index (χ0) is 13.4. The number of carbonyl (C=O) groups excluding carboxylic acids is 2. The number of piperidine rings is 1. The Balaban J connectivity index is 2.41. The second kappa shape index (κ2) is 8.08. The maximum atomic E-state index is 12.0. The maximum Gasteiger partial charge on any atom is 0.242 e. The molecule has 0 aromatic heterocycles. The molecule has 1 fully saturated rings. The fourth-order valence-corrected chi connectivity index (χ4v) is 2.25. The predicted molar refractivity (Wildman–Crippen MR) is 71.2 cm³/mol. The molecular formula is C13H25N3O2. The highest BCUT2D eigenvalue weighted by Gasteiger charge is 2.19. The first kappa shape index (κ1) is 15.0. The van der Waals surface area contributed by atoms with E-state index < -0.39 is 0 Å². The van der Waals surface area contributed by atoms with Crippen LogP contribution in [0.3, 0.4) is 0 Å². The minimum absolute atomic E-state index is 0.0134. The highest BCUT2D eigenvalue weighted by atomic mass is 16.2. The van der Waals surface area contributed by atoms with Crippen LogP contribution in [-0.4, -0.2) is 48.9 Å². The molecule has 0 saturated carbocycles. The van der Waals surface area contributed by atoms with Gasteiger partial charge in [0.05, 0.1) is 6.54 Å². The highest BCUT2D eigenvalue weighted by Crippen LogP contribution is 2.09. The van der Waals surface area contributed by atoms with E-state index in [0.717, 1.165) is 32.5 Å². The van der Waals surface area contributed by atoms with E-state index in [1.807, 2.05) is 4.90 Å². The summed E-state index contributed by atoms with van der Waals surface area (Å²) in [7, 11) is 0. The Bertz CT molecular complexity index is 275. The molecule has 0 aliphatic carbocycles. The van der Waals surface area contributed by atoms with Crippen molar-refractivity contribution in [2.45, 2.75) is 45.6 Å². The zero-order valence-electron chi connectivity index (χ0n) is 11.5. The zero-order valence-corrected chi connectivity index (χ0v) is 11.5. The van der Waals surface area contributed by atoms with Gasteiger partial charge in [-0.25, -0.2) is 0 Å². The molecule has 104 valence electrons. The van der Waals surface area contributed by atoms with Gasteiger partial charge in [0.1, 0.15) is 0 Å². The molecule has 0 radical (unpaired) electrons. The van der Waals surface area contributed by atoms with Crippen LogP contribution in [0.15, 0.2) is 0 Å². The first-order valence-corrected chi connectivity index (χ1v) is 6.89. The number of amides is 2. The molecule has 5 nitrogen and oxygen atoms in total. The van der Waals surface area contributed by atoms with Crippen molar-refractivity contribution >= 4 is 11.8 Å². The fourth-order valence-electron chi connectivity index (χ4n) is 2.25. The Morgan fingerprint density at radius 3 is 2.72 bits per heavy atom. The van der Waals surface area contributed by atoms with Gasteiger partial charge < -0.3 is 15.5 Å². The molecule has 1 rings (SSSR count). The van der Waals surface area contributed by atoms with Crippen LogP contribution in [0.1, 0.15) is 39.5 Å². The minimum atomic E-state index is -0.157. The Morgan fingerprint density at radius 2 is 2.17 bits per heavy atom. The molecule has 1 saturated heterocycles. The number of hydrogen-bond donors (Lipinski definition) is 2. The van der Waals surface area contributed by atoms with Crippen molar-refractivity contribution in [1.82, 2.24) is 15.5 Å². The molecule has 0 bridgehead atoms. The molecule has 0 aromatic carbocycles. The van der Waals surface area contributed by atoms with E-state index in [1.54, 1.807) is 0 Å². The van der Waals surface area contributed by atoms with Gasteiger partial charge in [0.25, 0.3) is 0 Å². The van der Waals surface area contributed by atoms with Crippen LogP contribution in [-0.2, 0) is 9.59 Å². The quantitative estimate of drug-likeness (QED) is 0.726. The molecule has 1 aliphatic heterocycles. The molecular weight excluding hydrogens is 230 g/mol. The van der Waals surface area contributed by atoms with E-state index in [2.05, 4.69) is 17.6 Å².